The molecule has 1 aromatic heterocycles. The molecule has 0 saturated heterocycles. The van der Waals surface area contributed by atoms with E-state index in [-0.39, 0.29) is 0 Å². The van der Waals surface area contributed by atoms with Crippen molar-refractivity contribution in [3.8, 4) is 0 Å². The van der Waals surface area contributed by atoms with Crippen LogP contribution in [0, 0.1) is 3.57 Å². The lowest BCUT2D eigenvalue weighted by atomic mass is 10.6. The van der Waals surface area contributed by atoms with Crippen molar-refractivity contribution in [3.63, 3.8) is 0 Å². The molecule has 1 rings (SSSR count). The lowest BCUT2D eigenvalue weighted by molar-refractivity contribution is 0.702. The summed E-state index contributed by atoms with van der Waals surface area (Å²) in [6.07, 6.45) is 5.60. The number of aromatic nitrogens is 2. The maximum Gasteiger partial charge on any atom is 0.0623 e. The normalized spacial score (nSPS) is 11.0. The number of allylic oxidation sites excluding steroid dienone is 1. The molecule has 0 unspecified atom stereocenters. The van der Waals surface area contributed by atoms with Gasteiger partial charge in [0, 0.05) is 11.7 Å². The molecule has 0 N–H and O–H groups in total. The molecule has 0 aliphatic heterocycles. The highest BCUT2D eigenvalue weighted by Gasteiger charge is 1.89. The molecule has 0 spiro atoms. The third-order valence-corrected chi connectivity index (χ3v) is 1.72. The first-order chi connectivity index (χ1) is 4.83. The monoisotopic (exact) mass is 268 g/mol. The van der Waals surface area contributed by atoms with Crippen molar-refractivity contribution < 1.29 is 0 Å². The van der Waals surface area contributed by atoms with Crippen LogP contribution in [-0.2, 0) is 6.54 Å². The predicted octanol–water partition coefficient (Wildman–Crippen LogP) is 2.24. The Morgan fingerprint density at radius 2 is 2.60 bits per heavy atom. The zero-order valence-corrected chi connectivity index (χ0v) is 8.08. The summed E-state index contributed by atoms with van der Waals surface area (Å²) < 4.78 is 2.96. The SMILES string of the molecule is Cl/C=C/Cn1cc(I)cn1. The molecule has 54 valence electrons. The number of halogens is 2. The minimum atomic E-state index is 0.743. The minimum Gasteiger partial charge on any atom is -0.268 e. The summed E-state index contributed by atoms with van der Waals surface area (Å²) in [6, 6.07) is 0. The fraction of sp³-hybridized carbons (Fsp3) is 0.167. The third kappa shape index (κ3) is 2.30. The zero-order valence-electron chi connectivity index (χ0n) is 5.17. The summed E-state index contributed by atoms with van der Waals surface area (Å²) in [4.78, 5) is 0. The van der Waals surface area contributed by atoms with Gasteiger partial charge in [0.05, 0.1) is 16.3 Å². The Labute approximate surface area is 78.0 Å². The van der Waals surface area contributed by atoms with Crippen molar-refractivity contribution in [1.82, 2.24) is 9.78 Å². The summed E-state index contributed by atoms with van der Waals surface area (Å²) in [7, 11) is 0. The lowest BCUT2D eigenvalue weighted by Gasteiger charge is -1.90. The first-order valence-corrected chi connectivity index (χ1v) is 4.27. The molecule has 0 fully saturated rings. The van der Waals surface area contributed by atoms with Crippen molar-refractivity contribution in [2.75, 3.05) is 0 Å². The van der Waals surface area contributed by atoms with Gasteiger partial charge in [-0.3, -0.25) is 4.68 Å². The molecule has 1 heterocycles. The van der Waals surface area contributed by atoms with Gasteiger partial charge in [-0.1, -0.05) is 17.7 Å². The lowest BCUT2D eigenvalue weighted by Crippen LogP contribution is -1.93. The molecule has 1 aromatic rings. The predicted molar refractivity (Wildman–Crippen MR) is 49.9 cm³/mol. The van der Waals surface area contributed by atoms with Gasteiger partial charge < -0.3 is 0 Å². The van der Waals surface area contributed by atoms with Crippen molar-refractivity contribution in [2.45, 2.75) is 6.54 Å². The Bertz CT molecular complexity index is 231. The van der Waals surface area contributed by atoms with Crippen molar-refractivity contribution in [3.05, 3.63) is 27.6 Å². The summed E-state index contributed by atoms with van der Waals surface area (Å²) in [5, 5.41) is 4.05. The standard InChI is InChI=1S/C6H6ClIN2/c7-2-1-3-10-5-6(8)4-9-10/h1-2,4-5H,3H2/b2-1+. The Hall–Kier alpha value is -0.0300. The summed E-state index contributed by atoms with van der Waals surface area (Å²) >= 11 is 7.55. The van der Waals surface area contributed by atoms with Gasteiger partial charge in [0.1, 0.15) is 0 Å². The number of rotatable bonds is 2. The smallest absolute Gasteiger partial charge is 0.0623 e. The highest BCUT2D eigenvalue weighted by atomic mass is 127. The summed E-state index contributed by atoms with van der Waals surface area (Å²) in [5.41, 5.74) is 1.49. The number of hydrogen-bond acceptors (Lipinski definition) is 1. The maximum atomic E-state index is 5.33. The van der Waals surface area contributed by atoms with E-state index in [4.69, 9.17) is 11.6 Å². The molecule has 2 nitrogen and oxygen atoms in total. The Kier molecular flexibility index (Phi) is 3.21. The first kappa shape index (κ1) is 8.07. The van der Waals surface area contributed by atoms with E-state index in [0.717, 1.165) is 10.1 Å². The Balaban J connectivity index is 2.58. The topological polar surface area (TPSA) is 17.8 Å². The molecule has 4 heteroatoms. The van der Waals surface area contributed by atoms with E-state index in [9.17, 15) is 0 Å². The second-order valence-electron chi connectivity index (χ2n) is 1.74. The summed E-state index contributed by atoms with van der Waals surface area (Å²) in [5.74, 6) is 0. The van der Waals surface area contributed by atoms with Gasteiger partial charge in [-0.05, 0) is 22.6 Å². The van der Waals surface area contributed by atoms with E-state index in [2.05, 4.69) is 27.7 Å². The van der Waals surface area contributed by atoms with Crippen LogP contribution in [0.2, 0.25) is 0 Å². The quantitative estimate of drug-likeness (QED) is 0.752. The van der Waals surface area contributed by atoms with Crippen molar-refractivity contribution in [2.24, 2.45) is 0 Å². The van der Waals surface area contributed by atoms with Crippen LogP contribution in [0.3, 0.4) is 0 Å². The second kappa shape index (κ2) is 3.98. The maximum absolute atomic E-state index is 5.33. The number of nitrogens with zero attached hydrogens (tertiary/aromatic N) is 2. The third-order valence-electron chi connectivity index (χ3n) is 0.983. The van der Waals surface area contributed by atoms with E-state index in [1.807, 2.05) is 23.2 Å². The fourth-order valence-corrected chi connectivity index (χ4v) is 1.11. The van der Waals surface area contributed by atoms with Gasteiger partial charge in [0.15, 0.2) is 0 Å². The molecule has 0 aliphatic carbocycles. The Morgan fingerprint density at radius 3 is 3.10 bits per heavy atom. The molecule has 0 amide bonds. The van der Waals surface area contributed by atoms with Crippen LogP contribution in [0.5, 0.6) is 0 Å². The largest absolute Gasteiger partial charge is 0.268 e. The van der Waals surface area contributed by atoms with E-state index < -0.39 is 0 Å². The van der Waals surface area contributed by atoms with Crippen molar-refractivity contribution in [1.29, 1.82) is 0 Å². The molecule has 0 saturated carbocycles. The Morgan fingerprint density at radius 1 is 1.80 bits per heavy atom. The molecule has 0 radical (unpaired) electrons. The van der Waals surface area contributed by atoms with Gasteiger partial charge >= 0.3 is 0 Å². The van der Waals surface area contributed by atoms with E-state index in [1.54, 1.807) is 0 Å². The van der Waals surface area contributed by atoms with Gasteiger partial charge in [0.25, 0.3) is 0 Å². The van der Waals surface area contributed by atoms with Gasteiger partial charge in [-0.15, -0.1) is 0 Å². The average Bonchev–Trinajstić information content (AvgIpc) is 2.31. The molecular weight excluding hydrogens is 262 g/mol. The van der Waals surface area contributed by atoms with E-state index >= 15 is 0 Å². The van der Waals surface area contributed by atoms with Crippen LogP contribution in [0.4, 0.5) is 0 Å². The molecular formula is C6H6ClIN2. The van der Waals surface area contributed by atoms with E-state index in [0.29, 0.717) is 0 Å². The van der Waals surface area contributed by atoms with Gasteiger partial charge in [0.2, 0.25) is 0 Å². The molecule has 0 bridgehead atoms. The fourth-order valence-electron chi connectivity index (χ4n) is 0.586. The molecule has 10 heavy (non-hydrogen) atoms. The first-order valence-electron chi connectivity index (χ1n) is 2.76. The van der Waals surface area contributed by atoms with Crippen molar-refractivity contribution >= 4 is 34.2 Å². The molecule has 0 aromatic carbocycles. The molecule has 0 aliphatic rings. The second-order valence-corrected chi connectivity index (χ2v) is 3.24. The van der Waals surface area contributed by atoms with Crippen LogP contribution in [0.15, 0.2) is 24.0 Å². The minimum absolute atomic E-state index is 0.743. The van der Waals surface area contributed by atoms with Crippen LogP contribution in [-0.4, -0.2) is 9.78 Å². The van der Waals surface area contributed by atoms with Crippen LogP contribution in [0.1, 0.15) is 0 Å². The van der Waals surface area contributed by atoms with Gasteiger partial charge in [-0.25, -0.2) is 0 Å². The number of hydrogen-bond donors (Lipinski definition) is 0. The highest BCUT2D eigenvalue weighted by Crippen LogP contribution is 2.00. The average molecular weight is 268 g/mol. The summed E-state index contributed by atoms with van der Waals surface area (Å²) in [6.45, 7) is 0.743. The zero-order chi connectivity index (χ0) is 7.40. The van der Waals surface area contributed by atoms with Crippen LogP contribution in [0.25, 0.3) is 0 Å². The van der Waals surface area contributed by atoms with Crippen LogP contribution < -0.4 is 0 Å². The highest BCUT2D eigenvalue weighted by molar-refractivity contribution is 14.1. The van der Waals surface area contributed by atoms with Crippen LogP contribution >= 0.6 is 34.2 Å². The van der Waals surface area contributed by atoms with Gasteiger partial charge in [-0.2, -0.15) is 5.10 Å². The van der Waals surface area contributed by atoms with E-state index in [1.165, 1.54) is 5.54 Å². The molecule has 0 atom stereocenters.